The van der Waals surface area contributed by atoms with Gasteiger partial charge in [-0.3, -0.25) is 10.1 Å². The normalized spacial score (nSPS) is 11.0. The summed E-state index contributed by atoms with van der Waals surface area (Å²) in [6.07, 6.45) is -4.63. The Hall–Kier alpha value is -3.01. The van der Waals surface area contributed by atoms with Crippen molar-refractivity contribution in [1.29, 1.82) is 0 Å². The Bertz CT molecular complexity index is 843. The van der Waals surface area contributed by atoms with E-state index in [1.165, 1.54) is 12.1 Å². The Balaban J connectivity index is 2.22. The summed E-state index contributed by atoms with van der Waals surface area (Å²) < 4.78 is 38.1. The zero-order chi connectivity index (χ0) is 18.8. The predicted molar refractivity (Wildman–Crippen MR) is 83.9 cm³/mol. The van der Waals surface area contributed by atoms with Crippen LogP contribution in [0.5, 0.6) is 5.75 Å². The molecule has 0 saturated heterocycles. The molecule has 0 spiro atoms. The number of phenolic OH excluding ortho intramolecular Hbond substituents is 1. The molecule has 7 nitrogen and oxygen atoms in total. The maximum absolute atomic E-state index is 12.7. The van der Waals surface area contributed by atoms with Crippen LogP contribution in [0.3, 0.4) is 0 Å². The van der Waals surface area contributed by atoms with Crippen LogP contribution in [0.15, 0.2) is 36.4 Å². The fraction of sp³-hybridized carbons (Fsp3) is 0.0714. The summed E-state index contributed by atoms with van der Waals surface area (Å²) in [5.41, 5.74) is -2.28. The highest BCUT2D eigenvalue weighted by Crippen LogP contribution is 2.35. The molecule has 2 rings (SSSR count). The lowest BCUT2D eigenvalue weighted by Gasteiger charge is -2.12. The standard InChI is InChI=1S/C14H9ClF3N3O4/c15-8-5-4-7(14(16,17)18)6-10(8)20-13(23)19-9-2-1-3-11(12(9)22)21(24)25/h1-6,22H,(H2,19,20,23). The van der Waals surface area contributed by atoms with Crippen molar-refractivity contribution in [2.24, 2.45) is 0 Å². The van der Waals surface area contributed by atoms with Crippen molar-refractivity contribution in [1.82, 2.24) is 0 Å². The number of amides is 2. The minimum Gasteiger partial charge on any atom is -0.501 e. The smallest absolute Gasteiger partial charge is 0.416 e. The number of benzene rings is 2. The number of urea groups is 1. The number of nitro benzene ring substituents is 1. The molecule has 0 bridgehead atoms. The number of nitrogens with zero attached hydrogens (tertiary/aromatic N) is 1. The Morgan fingerprint density at radius 1 is 1.16 bits per heavy atom. The lowest BCUT2D eigenvalue weighted by molar-refractivity contribution is -0.385. The van der Waals surface area contributed by atoms with Gasteiger partial charge in [0, 0.05) is 6.07 Å². The van der Waals surface area contributed by atoms with Gasteiger partial charge in [-0.25, -0.2) is 4.79 Å². The number of carbonyl (C=O) groups is 1. The van der Waals surface area contributed by atoms with Gasteiger partial charge in [0.1, 0.15) is 0 Å². The van der Waals surface area contributed by atoms with Crippen LogP contribution >= 0.6 is 11.6 Å². The molecular weight excluding hydrogens is 367 g/mol. The minimum absolute atomic E-state index is 0.147. The highest BCUT2D eigenvalue weighted by Gasteiger charge is 2.31. The Morgan fingerprint density at radius 3 is 2.40 bits per heavy atom. The van der Waals surface area contributed by atoms with Crippen molar-refractivity contribution >= 4 is 34.7 Å². The largest absolute Gasteiger partial charge is 0.501 e. The van der Waals surface area contributed by atoms with E-state index < -0.39 is 34.1 Å². The minimum atomic E-state index is -4.63. The molecule has 0 aliphatic carbocycles. The van der Waals surface area contributed by atoms with E-state index in [4.69, 9.17) is 11.6 Å². The second kappa shape index (κ2) is 6.85. The van der Waals surface area contributed by atoms with Gasteiger partial charge >= 0.3 is 17.9 Å². The number of nitrogens with one attached hydrogen (secondary N) is 2. The van der Waals surface area contributed by atoms with Crippen molar-refractivity contribution in [2.45, 2.75) is 6.18 Å². The van der Waals surface area contributed by atoms with E-state index >= 15 is 0 Å². The molecule has 0 saturated carbocycles. The first kappa shape index (κ1) is 18.3. The van der Waals surface area contributed by atoms with Crippen molar-refractivity contribution in [3.8, 4) is 5.75 Å². The first-order chi connectivity index (χ1) is 11.6. The molecule has 0 aromatic heterocycles. The van der Waals surface area contributed by atoms with Crippen LogP contribution in [-0.2, 0) is 6.18 Å². The second-order valence-electron chi connectivity index (χ2n) is 4.70. The van der Waals surface area contributed by atoms with E-state index in [0.29, 0.717) is 6.07 Å². The molecule has 0 atom stereocenters. The lowest BCUT2D eigenvalue weighted by atomic mass is 10.2. The summed E-state index contributed by atoms with van der Waals surface area (Å²) in [7, 11) is 0. The molecule has 0 unspecified atom stereocenters. The average molecular weight is 376 g/mol. The average Bonchev–Trinajstić information content (AvgIpc) is 2.50. The number of carbonyl (C=O) groups excluding carboxylic acids is 1. The molecule has 2 amide bonds. The second-order valence-corrected chi connectivity index (χ2v) is 5.11. The number of hydrogen-bond acceptors (Lipinski definition) is 4. The van der Waals surface area contributed by atoms with Gasteiger partial charge in [-0.1, -0.05) is 17.7 Å². The maximum atomic E-state index is 12.7. The van der Waals surface area contributed by atoms with Crippen molar-refractivity contribution in [2.75, 3.05) is 10.6 Å². The number of alkyl halides is 3. The number of hydrogen-bond donors (Lipinski definition) is 3. The van der Waals surface area contributed by atoms with Crippen LogP contribution in [0.4, 0.5) is 35.0 Å². The van der Waals surface area contributed by atoms with Crippen LogP contribution in [-0.4, -0.2) is 16.1 Å². The first-order valence-electron chi connectivity index (χ1n) is 6.50. The third kappa shape index (κ3) is 4.29. The molecule has 0 fully saturated rings. The van der Waals surface area contributed by atoms with E-state index in [-0.39, 0.29) is 16.4 Å². The van der Waals surface area contributed by atoms with Gasteiger partial charge in [-0.15, -0.1) is 0 Å². The van der Waals surface area contributed by atoms with Gasteiger partial charge in [0.25, 0.3) is 0 Å². The van der Waals surface area contributed by atoms with E-state index in [9.17, 15) is 33.2 Å². The molecule has 11 heteroatoms. The summed E-state index contributed by atoms with van der Waals surface area (Å²) in [6.45, 7) is 0. The highest BCUT2D eigenvalue weighted by molar-refractivity contribution is 6.33. The molecule has 0 radical (unpaired) electrons. The van der Waals surface area contributed by atoms with E-state index in [0.717, 1.165) is 18.2 Å². The zero-order valence-electron chi connectivity index (χ0n) is 12.1. The number of anilines is 2. The molecule has 0 aliphatic rings. The Morgan fingerprint density at radius 2 is 1.80 bits per heavy atom. The number of nitro groups is 1. The summed E-state index contributed by atoms with van der Waals surface area (Å²) in [5, 5.41) is 24.5. The third-order valence-electron chi connectivity index (χ3n) is 3.00. The summed E-state index contributed by atoms with van der Waals surface area (Å²) in [5.74, 6) is -0.794. The Kier molecular flexibility index (Phi) is 5.02. The number of rotatable bonds is 3. The van der Waals surface area contributed by atoms with Gasteiger partial charge in [-0.05, 0) is 24.3 Å². The quantitative estimate of drug-likeness (QED) is 0.413. The molecule has 0 aliphatic heterocycles. The van der Waals surface area contributed by atoms with Crippen LogP contribution in [0.2, 0.25) is 5.02 Å². The van der Waals surface area contributed by atoms with E-state index in [1.54, 1.807) is 0 Å². The molecule has 2 aromatic rings. The van der Waals surface area contributed by atoms with Crippen LogP contribution in [0.25, 0.3) is 0 Å². The first-order valence-corrected chi connectivity index (χ1v) is 6.88. The van der Waals surface area contributed by atoms with E-state index in [1.807, 2.05) is 0 Å². The number of para-hydroxylation sites is 1. The topological polar surface area (TPSA) is 104 Å². The SMILES string of the molecule is O=C(Nc1cc(C(F)(F)F)ccc1Cl)Nc1cccc([N+](=O)[O-])c1O. The zero-order valence-corrected chi connectivity index (χ0v) is 12.9. The summed E-state index contributed by atoms with van der Waals surface area (Å²) in [6, 6.07) is 4.71. The molecule has 3 N–H and O–H groups in total. The van der Waals surface area contributed by atoms with Crippen LogP contribution < -0.4 is 10.6 Å². The van der Waals surface area contributed by atoms with Gasteiger partial charge in [-0.2, -0.15) is 13.2 Å². The predicted octanol–water partition coefficient (Wildman–Crippen LogP) is 4.62. The Labute approximate surface area is 143 Å². The number of aromatic hydroxyl groups is 1. The van der Waals surface area contributed by atoms with Gasteiger partial charge < -0.3 is 15.7 Å². The fourth-order valence-electron chi connectivity index (χ4n) is 1.85. The molecule has 2 aromatic carbocycles. The maximum Gasteiger partial charge on any atom is 0.416 e. The van der Waals surface area contributed by atoms with Gasteiger partial charge in [0.2, 0.25) is 5.75 Å². The van der Waals surface area contributed by atoms with Crippen molar-refractivity contribution in [3.05, 3.63) is 57.1 Å². The number of phenols is 1. The van der Waals surface area contributed by atoms with Crippen LogP contribution in [0.1, 0.15) is 5.56 Å². The lowest BCUT2D eigenvalue weighted by Crippen LogP contribution is -2.20. The van der Waals surface area contributed by atoms with Gasteiger partial charge in [0.15, 0.2) is 0 Å². The molecular formula is C14H9ClF3N3O4. The van der Waals surface area contributed by atoms with Crippen LogP contribution in [0, 0.1) is 10.1 Å². The van der Waals surface area contributed by atoms with Crippen molar-refractivity contribution < 1.29 is 28.0 Å². The molecule has 132 valence electrons. The van der Waals surface area contributed by atoms with E-state index in [2.05, 4.69) is 10.6 Å². The fourth-order valence-corrected chi connectivity index (χ4v) is 2.02. The molecule has 25 heavy (non-hydrogen) atoms. The third-order valence-corrected chi connectivity index (χ3v) is 3.33. The monoisotopic (exact) mass is 375 g/mol. The number of halogens is 4. The van der Waals surface area contributed by atoms with Gasteiger partial charge in [0.05, 0.1) is 26.9 Å². The summed E-state index contributed by atoms with van der Waals surface area (Å²) in [4.78, 5) is 21.7. The van der Waals surface area contributed by atoms with Crippen molar-refractivity contribution in [3.63, 3.8) is 0 Å². The highest BCUT2D eigenvalue weighted by atomic mass is 35.5. The molecule has 0 heterocycles. The summed E-state index contributed by atoms with van der Waals surface area (Å²) >= 11 is 5.74.